The summed E-state index contributed by atoms with van der Waals surface area (Å²) in [6.07, 6.45) is 0. The summed E-state index contributed by atoms with van der Waals surface area (Å²) in [5.41, 5.74) is 1.52. The highest BCUT2D eigenvalue weighted by Crippen LogP contribution is 2.21. The van der Waals surface area contributed by atoms with Gasteiger partial charge in [-0.2, -0.15) is 0 Å². The minimum Gasteiger partial charge on any atom is -0.497 e. The van der Waals surface area contributed by atoms with Gasteiger partial charge in [0.05, 0.1) is 12.8 Å². The fourth-order valence-electron chi connectivity index (χ4n) is 2.27. The number of ether oxygens (including phenoxy) is 1. The highest BCUT2D eigenvalue weighted by Gasteiger charge is 2.14. The molecule has 0 atom stereocenters. The fraction of sp³-hybridized carbons (Fsp3) is 0.214. The van der Waals surface area contributed by atoms with Crippen molar-refractivity contribution in [2.75, 3.05) is 7.11 Å². The van der Waals surface area contributed by atoms with E-state index in [0.717, 1.165) is 11.4 Å². The van der Waals surface area contributed by atoms with Gasteiger partial charge >= 0.3 is 0 Å². The van der Waals surface area contributed by atoms with Crippen LogP contribution in [0.1, 0.15) is 11.6 Å². The van der Waals surface area contributed by atoms with E-state index >= 15 is 0 Å². The van der Waals surface area contributed by atoms with Gasteiger partial charge < -0.3 is 9.72 Å². The fourth-order valence-corrected chi connectivity index (χ4v) is 2.27. The van der Waals surface area contributed by atoms with E-state index in [1.807, 2.05) is 31.2 Å². The maximum absolute atomic E-state index is 12.2. The van der Waals surface area contributed by atoms with Gasteiger partial charge in [-0.25, -0.2) is 9.97 Å². The third-order valence-corrected chi connectivity index (χ3v) is 3.12. The average molecular weight is 270 g/mol. The molecule has 2 aromatic heterocycles. The minimum absolute atomic E-state index is 0.198. The van der Waals surface area contributed by atoms with E-state index in [4.69, 9.17) is 4.74 Å². The van der Waals surface area contributed by atoms with Gasteiger partial charge in [0, 0.05) is 6.07 Å². The van der Waals surface area contributed by atoms with E-state index in [-0.39, 0.29) is 5.56 Å². The molecule has 0 saturated carbocycles. The topological polar surface area (TPSA) is 72.8 Å². The summed E-state index contributed by atoms with van der Waals surface area (Å²) in [6.45, 7) is 3.58. The van der Waals surface area contributed by atoms with Crippen molar-refractivity contribution >= 4 is 11.2 Å². The number of aromatic amines is 1. The predicted octanol–water partition coefficient (Wildman–Crippen LogP) is 1.73. The Kier molecular flexibility index (Phi) is 2.78. The van der Waals surface area contributed by atoms with E-state index < -0.39 is 0 Å². The van der Waals surface area contributed by atoms with Crippen molar-refractivity contribution in [1.29, 1.82) is 0 Å². The van der Waals surface area contributed by atoms with Crippen LogP contribution in [0.25, 0.3) is 16.9 Å². The molecule has 0 aliphatic carbocycles. The Bertz CT molecular complexity index is 848. The first-order valence-electron chi connectivity index (χ1n) is 6.20. The molecule has 0 saturated heterocycles. The Balaban J connectivity index is 2.36. The van der Waals surface area contributed by atoms with Crippen LogP contribution in [0, 0.1) is 13.8 Å². The molecule has 1 N–H and O–H groups in total. The van der Waals surface area contributed by atoms with Crippen molar-refractivity contribution in [2.24, 2.45) is 0 Å². The molecule has 0 fully saturated rings. The van der Waals surface area contributed by atoms with Gasteiger partial charge in [0.1, 0.15) is 17.4 Å². The lowest BCUT2D eigenvalue weighted by Gasteiger charge is -2.08. The highest BCUT2D eigenvalue weighted by atomic mass is 16.5. The molecule has 102 valence electrons. The zero-order valence-corrected chi connectivity index (χ0v) is 11.5. The smallest absolute Gasteiger partial charge is 0.277 e. The third kappa shape index (κ3) is 1.85. The molecule has 3 rings (SSSR count). The Hall–Kier alpha value is -2.63. The number of hydrogen-bond acceptors (Lipinski definition) is 4. The molecule has 0 aliphatic heterocycles. The van der Waals surface area contributed by atoms with Crippen molar-refractivity contribution in [3.8, 4) is 11.4 Å². The number of aryl methyl sites for hydroxylation is 2. The lowest BCUT2D eigenvalue weighted by atomic mass is 10.3. The Labute approximate surface area is 115 Å². The van der Waals surface area contributed by atoms with Crippen molar-refractivity contribution in [3.63, 3.8) is 0 Å². The monoisotopic (exact) mass is 270 g/mol. The first-order valence-corrected chi connectivity index (χ1v) is 6.20. The van der Waals surface area contributed by atoms with Crippen LogP contribution in [0.3, 0.4) is 0 Å². The average Bonchev–Trinajstić information content (AvgIpc) is 2.75. The molecule has 3 aromatic rings. The van der Waals surface area contributed by atoms with Gasteiger partial charge in [0.25, 0.3) is 5.56 Å². The molecule has 1 aromatic carbocycles. The molecule has 0 spiro atoms. The van der Waals surface area contributed by atoms with Crippen LogP contribution in [0.4, 0.5) is 0 Å². The van der Waals surface area contributed by atoms with E-state index in [1.54, 1.807) is 18.6 Å². The lowest BCUT2D eigenvalue weighted by Crippen LogP contribution is -2.13. The number of nitrogens with one attached hydrogen (secondary N) is 1. The summed E-state index contributed by atoms with van der Waals surface area (Å²) >= 11 is 0. The summed E-state index contributed by atoms with van der Waals surface area (Å²) < 4.78 is 7.00. The number of H-pyrrole nitrogens is 1. The molecular weight excluding hydrogens is 256 g/mol. The number of benzene rings is 1. The SMILES string of the molecule is COc1cccc(-n2c(C)nc3nc(C)[nH]c(=O)c32)c1. The number of rotatable bonds is 2. The van der Waals surface area contributed by atoms with E-state index in [1.165, 1.54) is 0 Å². The van der Waals surface area contributed by atoms with Gasteiger partial charge in [-0.1, -0.05) is 6.07 Å². The zero-order chi connectivity index (χ0) is 14.3. The number of fused-ring (bicyclic) bond motifs is 1. The van der Waals surface area contributed by atoms with Gasteiger partial charge in [-0.05, 0) is 26.0 Å². The first kappa shape index (κ1) is 12.4. The number of methoxy groups -OCH3 is 1. The number of imidazole rings is 1. The zero-order valence-electron chi connectivity index (χ0n) is 11.5. The van der Waals surface area contributed by atoms with Gasteiger partial charge in [0.2, 0.25) is 0 Å². The van der Waals surface area contributed by atoms with Gasteiger partial charge in [0.15, 0.2) is 11.2 Å². The maximum atomic E-state index is 12.2. The predicted molar refractivity (Wildman–Crippen MR) is 75.5 cm³/mol. The molecule has 6 nitrogen and oxygen atoms in total. The minimum atomic E-state index is -0.198. The number of nitrogens with zero attached hydrogens (tertiary/aromatic N) is 3. The van der Waals surface area contributed by atoms with Gasteiger partial charge in [-0.15, -0.1) is 0 Å². The van der Waals surface area contributed by atoms with Crippen LogP contribution in [-0.4, -0.2) is 26.6 Å². The van der Waals surface area contributed by atoms with Crippen molar-refractivity contribution in [3.05, 3.63) is 46.3 Å². The molecule has 6 heteroatoms. The van der Waals surface area contributed by atoms with Crippen LogP contribution < -0.4 is 10.3 Å². The third-order valence-electron chi connectivity index (χ3n) is 3.12. The second-order valence-electron chi connectivity index (χ2n) is 4.52. The number of hydrogen-bond donors (Lipinski definition) is 1. The van der Waals surface area contributed by atoms with Crippen molar-refractivity contribution < 1.29 is 4.74 Å². The lowest BCUT2D eigenvalue weighted by molar-refractivity contribution is 0.414. The molecule has 0 unspecified atom stereocenters. The molecule has 2 heterocycles. The van der Waals surface area contributed by atoms with E-state index in [2.05, 4.69) is 15.0 Å². The standard InChI is InChI=1S/C14H14N4O2/c1-8-15-13-12(14(19)16-8)18(9(2)17-13)10-5-4-6-11(7-10)20-3/h4-7H,1-3H3,(H,15,16,19). The second-order valence-corrected chi connectivity index (χ2v) is 4.52. The van der Waals surface area contributed by atoms with Gasteiger partial charge in [-0.3, -0.25) is 9.36 Å². The van der Waals surface area contributed by atoms with Crippen molar-refractivity contribution in [1.82, 2.24) is 19.5 Å². The van der Waals surface area contributed by atoms with Crippen molar-refractivity contribution in [2.45, 2.75) is 13.8 Å². The summed E-state index contributed by atoms with van der Waals surface area (Å²) in [5, 5.41) is 0. The summed E-state index contributed by atoms with van der Waals surface area (Å²) in [4.78, 5) is 23.5. The normalized spacial score (nSPS) is 10.9. The second kappa shape index (κ2) is 4.48. The Morgan fingerprint density at radius 2 is 2.05 bits per heavy atom. The molecule has 20 heavy (non-hydrogen) atoms. The molecule has 0 bridgehead atoms. The molecular formula is C14H14N4O2. The highest BCUT2D eigenvalue weighted by molar-refractivity contribution is 5.73. The quantitative estimate of drug-likeness (QED) is 0.769. The Morgan fingerprint density at radius 3 is 2.80 bits per heavy atom. The van der Waals surface area contributed by atoms with Crippen LogP contribution >= 0.6 is 0 Å². The van der Waals surface area contributed by atoms with E-state index in [0.29, 0.717) is 22.8 Å². The van der Waals surface area contributed by atoms with Crippen LogP contribution in [0.2, 0.25) is 0 Å². The summed E-state index contributed by atoms with van der Waals surface area (Å²) in [7, 11) is 1.61. The van der Waals surface area contributed by atoms with Crippen LogP contribution in [0.15, 0.2) is 29.1 Å². The summed E-state index contributed by atoms with van der Waals surface area (Å²) in [5.74, 6) is 1.98. The van der Waals surface area contributed by atoms with E-state index in [9.17, 15) is 4.79 Å². The maximum Gasteiger partial charge on any atom is 0.277 e. The van der Waals surface area contributed by atoms with Crippen LogP contribution in [-0.2, 0) is 0 Å². The molecule has 0 aliphatic rings. The first-order chi connectivity index (χ1) is 9.60. The largest absolute Gasteiger partial charge is 0.497 e. The number of aromatic nitrogens is 4. The summed E-state index contributed by atoms with van der Waals surface area (Å²) in [6, 6.07) is 7.48. The molecule has 0 amide bonds. The molecule has 0 radical (unpaired) electrons. The van der Waals surface area contributed by atoms with Crippen LogP contribution in [0.5, 0.6) is 5.75 Å². The Morgan fingerprint density at radius 1 is 1.25 bits per heavy atom.